The molecule has 1 unspecified atom stereocenters. The number of hydrogen-bond donors (Lipinski definition) is 1. The Morgan fingerprint density at radius 2 is 2.20 bits per heavy atom. The number of ether oxygens (including phenoxy) is 1. The highest BCUT2D eigenvalue weighted by Gasteiger charge is 2.27. The van der Waals surface area contributed by atoms with E-state index >= 15 is 0 Å². The summed E-state index contributed by atoms with van der Waals surface area (Å²) in [6, 6.07) is 9.82. The van der Waals surface area contributed by atoms with Crippen LogP contribution in [-0.2, 0) is 11.3 Å². The van der Waals surface area contributed by atoms with Crippen LogP contribution in [0.4, 0.5) is 0 Å². The normalized spacial score (nSPS) is 18.0. The number of carbonyl (C=O) groups excluding carboxylic acids is 1. The number of aromatic amines is 1. The van der Waals surface area contributed by atoms with Gasteiger partial charge in [-0.25, -0.2) is 9.67 Å². The third-order valence-corrected chi connectivity index (χ3v) is 4.53. The molecule has 25 heavy (non-hydrogen) atoms. The molecule has 1 saturated heterocycles. The summed E-state index contributed by atoms with van der Waals surface area (Å²) in [7, 11) is 0. The summed E-state index contributed by atoms with van der Waals surface area (Å²) in [5.74, 6) is 1.62. The zero-order valence-corrected chi connectivity index (χ0v) is 14.4. The van der Waals surface area contributed by atoms with Crippen molar-refractivity contribution in [3.8, 4) is 0 Å². The molecule has 0 bridgehead atoms. The molecule has 0 radical (unpaired) electrons. The number of H-pyrrole nitrogens is 1. The van der Waals surface area contributed by atoms with Crippen LogP contribution in [0.3, 0.4) is 0 Å². The Morgan fingerprint density at radius 3 is 2.96 bits per heavy atom. The summed E-state index contributed by atoms with van der Waals surface area (Å²) in [4.78, 5) is 22.2. The van der Waals surface area contributed by atoms with Gasteiger partial charge in [-0.2, -0.15) is 5.10 Å². The molecule has 3 heterocycles. The van der Waals surface area contributed by atoms with E-state index < -0.39 is 0 Å². The van der Waals surface area contributed by atoms with Crippen molar-refractivity contribution >= 4 is 16.8 Å². The number of benzene rings is 1. The van der Waals surface area contributed by atoms with E-state index in [9.17, 15) is 4.79 Å². The van der Waals surface area contributed by atoms with Crippen molar-refractivity contribution in [2.24, 2.45) is 0 Å². The Kier molecular flexibility index (Phi) is 4.01. The lowest BCUT2D eigenvalue weighted by molar-refractivity contribution is -0.0304. The molecule has 1 fully saturated rings. The topological polar surface area (TPSA) is 76.0 Å². The number of para-hydroxylation sites is 1. The maximum Gasteiger partial charge on any atom is 0.270 e. The van der Waals surface area contributed by atoms with Crippen molar-refractivity contribution in [3.63, 3.8) is 0 Å². The number of rotatable bonds is 3. The van der Waals surface area contributed by atoms with Gasteiger partial charge in [0.05, 0.1) is 19.3 Å². The molecule has 2 aromatic heterocycles. The minimum Gasteiger partial charge on any atom is -0.373 e. The lowest BCUT2D eigenvalue weighted by Crippen LogP contribution is -2.47. The van der Waals surface area contributed by atoms with Crippen molar-refractivity contribution in [3.05, 3.63) is 47.7 Å². The molecule has 3 aromatic rings. The summed E-state index contributed by atoms with van der Waals surface area (Å²) < 4.78 is 7.67. The van der Waals surface area contributed by atoms with Crippen molar-refractivity contribution in [1.82, 2.24) is 24.6 Å². The number of hydrogen-bond acceptors (Lipinski definition) is 4. The standard InChI is InChI=1S/C18H21N5O2/c1-12-19-13(2)23(21-12)11-15-10-22(7-8-25-15)18(24)17-9-14-5-3-4-6-16(14)20-17/h3-6,9,15,20H,7-8,10-11H2,1-2H3. The van der Waals surface area contributed by atoms with Gasteiger partial charge in [-0.05, 0) is 26.0 Å². The Bertz CT molecular complexity index is 880. The average molecular weight is 339 g/mol. The molecule has 1 aliphatic heterocycles. The molecule has 1 aromatic carbocycles. The first-order valence-corrected chi connectivity index (χ1v) is 8.47. The van der Waals surface area contributed by atoms with Gasteiger partial charge in [-0.1, -0.05) is 18.2 Å². The van der Waals surface area contributed by atoms with Gasteiger partial charge in [0.25, 0.3) is 5.91 Å². The summed E-state index contributed by atoms with van der Waals surface area (Å²) in [5, 5.41) is 5.42. The maximum atomic E-state index is 12.8. The molecule has 1 N–H and O–H groups in total. The molecule has 0 saturated carbocycles. The minimum atomic E-state index is -0.0816. The third kappa shape index (κ3) is 3.15. The van der Waals surface area contributed by atoms with Gasteiger partial charge >= 0.3 is 0 Å². The first kappa shape index (κ1) is 15.8. The van der Waals surface area contributed by atoms with Crippen LogP contribution in [0.2, 0.25) is 0 Å². The number of fused-ring (bicyclic) bond motifs is 1. The second-order valence-electron chi connectivity index (χ2n) is 6.40. The van der Waals surface area contributed by atoms with Crippen LogP contribution in [0.5, 0.6) is 0 Å². The fourth-order valence-electron chi connectivity index (χ4n) is 3.30. The number of nitrogens with one attached hydrogen (secondary N) is 1. The maximum absolute atomic E-state index is 12.8. The minimum absolute atomic E-state index is 0.0102. The summed E-state index contributed by atoms with van der Waals surface area (Å²) in [6.07, 6.45) is -0.0816. The van der Waals surface area contributed by atoms with Crippen LogP contribution in [0.15, 0.2) is 30.3 Å². The molecule has 4 rings (SSSR count). The highest BCUT2D eigenvalue weighted by Crippen LogP contribution is 2.18. The molecule has 7 heteroatoms. The fourth-order valence-corrected chi connectivity index (χ4v) is 3.30. The monoisotopic (exact) mass is 339 g/mol. The number of aryl methyl sites for hydroxylation is 2. The Hall–Kier alpha value is -2.67. The smallest absolute Gasteiger partial charge is 0.270 e. The largest absolute Gasteiger partial charge is 0.373 e. The van der Waals surface area contributed by atoms with Gasteiger partial charge < -0.3 is 14.6 Å². The van der Waals surface area contributed by atoms with Gasteiger partial charge in [0, 0.05) is 24.0 Å². The van der Waals surface area contributed by atoms with E-state index in [1.165, 1.54) is 0 Å². The Morgan fingerprint density at radius 1 is 1.36 bits per heavy atom. The Balaban J connectivity index is 1.48. The summed E-state index contributed by atoms with van der Waals surface area (Å²) in [5.41, 5.74) is 1.60. The zero-order chi connectivity index (χ0) is 17.4. The molecule has 0 aliphatic carbocycles. The van der Waals surface area contributed by atoms with Crippen LogP contribution in [0, 0.1) is 13.8 Å². The first-order chi connectivity index (χ1) is 12.1. The molecule has 1 atom stereocenters. The van der Waals surface area contributed by atoms with E-state index in [0.717, 1.165) is 22.6 Å². The van der Waals surface area contributed by atoms with E-state index in [-0.39, 0.29) is 12.0 Å². The number of aromatic nitrogens is 4. The number of amides is 1. The van der Waals surface area contributed by atoms with Crippen LogP contribution in [0.1, 0.15) is 22.1 Å². The zero-order valence-electron chi connectivity index (χ0n) is 14.4. The van der Waals surface area contributed by atoms with Gasteiger partial charge in [0.15, 0.2) is 0 Å². The van der Waals surface area contributed by atoms with Crippen molar-refractivity contribution in [2.75, 3.05) is 19.7 Å². The second-order valence-corrected chi connectivity index (χ2v) is 6.40. The molecule has 1 aliphatic rings. The van der Waals surface area contributed by atoms with E-state index in [2.05, 4.69) is 15.1 Å². The van der Waals surface area contributed by atoms with Gasteiger partial charge in [-0.15, -0.1) is 0 Å². The number of nitrogens with zero attached hydrogens (tertiary/aromatic N) is 4. The molecule has 130 valence electrons. The highest BCUT2D eigenvalue weighted by molar-refractivity contribution is 5.98. The van der Waals surface area contributed by atoms with Gasteiger partial charge in [0.2, 0.25) is 0 Å². The molecular formula is C18H21N5O2. The van der Waals surface area contributed by atoms with Crippen LogP contribution >= 0.6 is 0 Å². The van der Waals surface area contributed by atoms with Crippen LogP contribution in [-0.4, -0.2) is 56.4 Å². The molecule has 1 amide bonds. The lowest BCUT2D eigenvalue weighted by Gasteiger charge is -2.32. The summed E-state index contributed by atoms with van der Waals surface area (Å²) >= 11 is 0. The van der Waals surface area contributed by atoms with E-state index in [0.29, 0.717) is 31.9 Å². The van der Waals surface area contributed by atoms with Crippen molar-refractivity contribution in [1.29, 1.82) is 0 Å². The van der Waals surface area contributed by atoms with Gasteiger partial charge in [0.1, 0.15) is 17.3 Å². The first-order valence-electron chi connectivity index (χ1n) is 8.47. The summed E-state index contributed by atoms with van der Waals surface area (Å²) in [6.45, 7) is 6.08. The fraction of sp³-hybridized carbons (Fsp3) is 0.389. The quantitative estimate of drug-likeness (QED) is 0.791. The lowest BCUT2D eigenvalue weighted by atomic mass is 10.2. The molecular weight excluding hydrogens is 318 g/mol. The number of carbonyl (C=O) groups is 1. The predicted octanol–water partition coefficient (Wildman–Crippen LogP) is 1.92. The number of morpholine rings is 1. The molecule has 0 spiro atoms. The SMILES string of the molecule is Cc1nc(C)n(CC2CN(C(=O)c3cc4ccccc4[nH]3)CCO2)n1. The van der Waals surface area contributed by atoms with E-state index in [1.807, 2.05) is 53.8 Å². The predicted molar refractivity (Wildman–Crippen MR) is 93.4 cm³/mol. The average Bonchev–Trinajstić information content (AvgIpc) is 3.17. The van der Waals surface area contributed by atoms with Crippen LogP contribution in [0.25, 0.3) is 10.9 Å². The second kappa shape index (κ2) is 6.33. The highest BCUT2D eigenvalue weighted by atomic mass is 16.5. The molecule has 7 nitrogen and oxygen atoms in total. The van der Waals surface area contributed by atoms with E-state index in [4.69, 9.17) is 4.74 Å². The van der Waals surface area contributed by atoms with Crippen molar-refractivity contribution in [2.45, 2.75) is 26.5 Å². The van der Waals surface area contributed by atoms with Gasteiger partial charge in [-0.3, -0.25) is 4.79 Å². The van der Waals surface area contributed by atoms with Crippen LogP contribution < -0.4 is 0 Å². The van der Waals surface area contributed by atoms with Crippen molar-refractivity contribution < 1.29 is 9.53 Å². The third-order valence-electron chi connectivity index (χ3n) is 4.53. The van der Waals surface area contributed by atoms with E-state index in [1.54, 1.807) is 0 Å². The Labute approximate surface area is 145 Å².